The fourth-order valence-electron chi connectivity index (χ4n) is 5.87. The maximum Gasteiger partial charge on any atom is 0.124 e. The predicted molar refractivity (Wildman–Crippen MR) is 74.2 cm³/mol. The number of carbonyl (C=O) groups is 1. The zero-order valence-corrected chi connectivity index (χ0v) is 12.3. The highest BCUT2D eigenvalue weighted by Crippen LogP contribution is 2.72. The minimum atomic E-state index is 0.444. The first kappa shape index (κ1) is 12.4. The van der Waals surface area contributed by atoms with Gasteiger partial charge in [-0.2, -0.15) is 0 Å². The van der Waals surface area contributed by atoms with E-state index in [0.717, 1.165) is 24.0 Å². The van der Waals surface area contributed by atoms with Gasteiger partial charge >= 0.3 is 0 Å². The van der Waals surface area contributed by atoms with E-state index in [1.165, 1.54) is 31.3 Å². The zero-order valence-electron chi connectivity index (χ0n) is 12.3. The minimum absolute atomic E-state index is 0.444. The molecule has 1 spiro atoms. The molecule has 0 aromatic rings. The molecule has 0 aromatic heterocycles. The smallest absolute Gasteiger partial charge is 0.124 e. The van der Waals surface area contributed by atoms with Crippen molar-refractivity contribution in [3.63, 3.8) is 0 Å². The van der Waals surface area contributed by atoms with Crippen LogP contribution >= 0.6 is 0 Å². The van der Waals surface area contributed by atoms with Crippen LogP contribution in [0.25, 0.3) is 0 Å². The summed E-state index contributed by atoms with van der Waals surface area (Å²) >= 11 is 0. The summed E-state index contributed by atoms with van der Waals surface area (Å²) in [4.78, 5) is 11.0. The van der Waals surface area contributed by atoms with E-state index >= 15 is 0 Å². The van der Waals surface area contributed by atoms with Crippen LogP contribution in [0.2, 0.25) is 0 Å². The number of aldehydes is 1. The lowest BCUT2D eigenvalue weighted by Gasteiger charge is -2.39. The number of hydrogen-bond acceptors (Lipinski definition) is 1. The fraction of sp³-hybridized carbons (Fsp3) is 0.824. The van der Waals surface area contributed by atoms with E-state index in [1.807, 2.05) is 0 Å². The molecule has 2 fully saturated rings. The third-order valence-electron chi connectivity index (χ3n) is 6.90. The lowest BCUT2D eigenvalue weighted by atomic mass is 9.66. The second-order valence-electron chi connectivity index (χ2n) is 7.68. The first-order chi connectivity index (χ1) is 8.43. The van der Waals surface area contributed by atoms with Crippen molar-refractivity contribution in [2.45, 2.75) is 59.8 Å². The Hall–Kier alpha value is -0.590. The lowest BCUT2D eigenvalue weighted by Crippen LogP contribution is -2.31. The summed E-state index contributed by atoms with van der Waals surface area (Å²) in [5, 5.41) is 0. The third kappa shape index (κ3) is 1.31. The monoisotopic (exact) mass is 246 g/mol. The predicted octanol–water partition coefficient (Wildman–Crippen LogP) is 4.37. The molecular formula is C17H26O. The van der Waals surface area contributed by atoms with Gasteiger partial charge < -0.3 is 4.79 Å². The molecule has 0 unspecified atom stereocenters. The van der Waals surface area contributed by atoms with Crippen molar-refractivity contribution in [2.75, 3.05) is 0 Å². The molecule has 3 rings (SSSR count). The van der Waals surface area contributed by atoms with E-state index in [4.69, 9.17) is 0 Å². The molecule has 0 N–H and O–H groups in total. The molecule has 0 radical (unpaired) electrons. The van der Waals surface area contributed by atoms with Crippen LogP contribution in [0.3, 0.4) is 0 Å². The molecule has 2 saturated carbocycles. The number of allylic oxidation sites excluding steroid dienone is 2. The molecule has 3 aliphatic rings. The molecule has 0 heterocycles. The Morgan fingerprint density at radius 2 is 2.06 bits per heavy atom. The molecule has 100 valence electrons. The summed E-state index contributed by atoms with van der Waals surface area (Å²) < 4.78 is 0. The van der Waals surface area contributed by atoms with Crippen LogP contribution in [0.1, 0.15) is 59.8 Å². The van der Waals surface area contributed by atoms with Gasteiger partial charge in [-0.05, 0) is 61.2 Å². The molecule has 1 nitrogen and oxygen atoms in total. The number of hydrogen-bond donors (Lipinski definition) is 0. The molecule has 0 amide bonds. The Labute approximate surface area is 111 Å². The quantitative estimate of drug-likeness (QED) is 0.522. The maximum absolute atomic E-state index is 11.0. The van der Waals surface area contributed by atoms with E-state index in [-0.39, 0.29) is 0 Å². The molecule has 0 aliphatic heterocycles. The molecule has 0 aromatic carbocycles. The van der Waals surface area contributed by atoms with Gasteiger partial charge in [0.05, 0.1) is 0 Å². The first-order valence-corrected chi connectivity index (χ1v) is 7.55. The summed E-state index contributed by atoms with van der Waals surface area (Å²) in [6.45, 7) is 9.71. The van der Waals surface area contributed by atoms with Gasteiger partial charge in [-0.25, -0.2) is 0 Å². The zero-order chi connectivity index (χ0) is 13.1. The SMILES string of the molecule is CC1=C(CC=O)C[C@]23C[C@H]1C(C)(C)[C@@H]2CC[C@@H]3C. The van der Waals surface area contributed by atoms with E-state index in [2.05, 4.69) is 27.7 Å². The van der Waals surface area contributed by atoms with Gasteiger partial charge in [0.2, 0.25) is 0 Å². The molecule has 4 atom stereocenters. The van der Waals surface area contributed by atoms with Crippen molar-refractivity contribution >= 4 is 6.29 Å². The standard InChI is InChI=1S/C17H26O/c1-11-5-6-15-16(3,4)14-10-17(11,15)9-13(7-8-18)12(14)2/h8,11,14-15H,5-7,9-10H2,1-4H3/t11-,14+,15-,17+/m0/s1. The number of fused-ring (bicyclic) bond motifs is 1. The van der Waals surface area contributed by atoms with E-state index < -0.39 is 0 Å². The van der Waals surface area contributed by atoms with E-state index in [1.54, 1.807) is 5.57 Å². The minimum Gasteiger partial charge on any atom is -0.303 e. The van der Waals surface area contributed by atoms with Crippen molar-refractivity contribution in [3.05, 3.63) is 11.1 Å². The van der Waals surface area contributed by atoms with Crippen molar-refractivity contribution in [3.8, 4) is 0 Å². The summed E-state index contributed by atoms with van der Waals surface area (Å²) in [5.41, 5.74) is 4.01. The van der Waals surface area contributed by atoms with Crippen molar-refractivity contribution in [2.24, 2.45) is 28.6 Å². The van der Waals surface area contributed by atoms with Gasteiger partial charge in [0.15, 0.2) is 0 Å². The molecular weight excluding hydrogens is 220 g/mol. The van der Waals surface area contributed by atoms with Crippen LogP contribution in [-0.4, -0.2) is 6.29 Å². The highest BCUT2D eigenvalue weighted by molar-refractivity contribution is 5.56. The van der Waals surface area contributed by atoms with Crippen molar-refractivity contribution < 1.29 is 4.79 Å². The average Bonchev–Trinajstić information content (AvgIpc) is 2.71. The highest BCUT2D eigenvalue weighted by Gasteiger charge is 2.64. The Morgan fingerprint density at radius 3 is 2.72 bits per heavy atom. The second kappa shape index (κ2) is 3.71. The Bertz CT molecular complexity index is 417. The third-order valence-corrected chi connectivity index (χ3v) is 6.90. The topological polar surface area (TPSA) is 17.1 Å². The van der Waals surface area contributed by atoms with Crippen LogP contribution in [0.4, 0.5) is 0 Å². The second-order valence-corrected chi connectivity index (χ2v) is 7.68. The number of carbonyl (C=O) groups excluding carboxylic acids is 1. The average molecular weight is 246 g/mol. The molecule has 2 bridgehead atoms. The van der Waals surface area contributed by atoms with Crippen LogP contribution in [-0.2, 0) is 4.79 Å². The molecule has 1 heteroatoms. The van der Waals surface area contributed by atoms with Crippen LogP contribution in [0.15, 0.2) is 11.1 Å². The first-order valence-electron chi connectivity index (χ1n) is 7.55. The van der Waals surface area contributed by atoms with E-state index in [9.17, 15) is 4.79 Å². The molecule has 0 saturated heterocycles. The Morgan fingerprint density at radius 1 is 1.33 bits per heavy atom. The van der Waals surface area contributed by atoms with Crippen molar-refractivity contribution in [1.29, 1.82) is 0 Å². The van der Waals surface area contributed by atoms with Crippen LogP contribution < -0.4 is 0 Å². The largest absolute Gasteiger partial charge is 0.303 e. The molecule has 18 heavy (non-hydrogen) atoms. The van der Waals surface area contributed by atoms with E-state index in [0.29, 0.717) is 17.3 Å². The lowest BCUT2D eigenvalue weighted by molar-refractivity contribution is -0.107. The maximum atomic E-state index is 11.0. The van der Waals surface area contributed by atoms with Gasteiger partial charge in [0.25, 0.3) is 0 Å². The van der Waals surface area contributed by atoms with Gasteiger partial charge in [0, 0.05) is 6.42 Å². The van der Waals surface area contributed by atoms with Crippen LogP contribution in [0.5, 0.6) is 0 Å². The Balaban J connectivity index is 2.09. The number of rotatable bonds is 2. The van der Waals surface area contributed by atoms with Gasteiger partial charge in [-0.1, -0.05) is 31.9 Å². The summed E-state index contributed by atoms with van der Waals surface area (Å²) in [7, 11) is 0. The van der Waals surface area contributed by atoms with Gasteiger partial charge in [-0.3, -0.25) is 0 Å². The van der Waals surface area contributed by atoms with Gasteiger partial charge in [0.1, 0.15) is 6.29 Å². The van der Waals surface area contributed by atoms with Crippen LogP contribution in [0, 0.1) is 28.6 Å². The summed E-state index contributed by atoms with van der Waals surface area (Å²) in [5.74, 6) is 2.46. The fourth-order valence-corrected chi connectivity index (χ4v) is 5.87. The molecule has 3 aliphatic carbocycles. The van der Waals surface area contributed by atoms with Crippen molar-refractivity contribution in [1.82, 2.24) is 0 Å². The summed E-state index contributed by atoms with van der Waals surface area (Å²) in [6, 6.07) is 0. The van der Waals surface area contributed by atoms with Gasteiger partial charge in [-0.15, -0.1) is 0 Å². The Kier molecular flexibility index (Phi) is 2.56. The normalized spacial score (nSPS) is 45.2. The summed E-state index contributed by atoms with van der Waals surface area (Å²) in [6.07, 6.45) is 7.20. The highest BCUT2D eigenvalue weighted by atomic mass is 16.1.